The number of carbonyl (C=O) groups is 1. The number of anilines is 1. The number of sulfonamides is 1. The van der Waals surface area contributed by atoms with Gasteiger partial charge in [-0.1, -0.05) is 47.5 Å². The maximum absolute atomic E-state index is 12.6. The zero-order chi connectivity index (χ0) is 18.2. The molecular formula is C17H10Cl2NO4S-. The van der Waals surface area contributed by atoms with Crippen molar-refractivity contribution in [2.45, 2.75) is 4.90 Å². The molecule has 0 unspecified atom stereocenters. The molecule has 0 heterocycles. The third kappa shape index (κ3) is 3.56. The second-order valence-electron chi connectivity index (χ2n) is 5.21. The van der Waals surface area contributed by atoms with Crippen LogP contribution in [0.1, 0.15) is 10.4 Å². The lowest BCUT2D eigenvalue weighted by atomic mass is 10.1. The molecule has 3 aromatic rings. The van der Waals surface area contributed by atoms with Crippen LogP contribution in [0.15, 0.2) is 59.5 Å². The molecule has 0 saturated carbocycles. The maximum Gasteiger partial charge on any atom is 0.263 e. The number of carboxylic acid groups (broad SMARTS) is 1. The lowest BCUT2D eigenvalue weighted by Crippen LogP contribution is -2.25. The third-order valence-electron chi connectivity index (χ3n) is 3.53. The van der Waals surface area contributed by atoms with Crippen LogP contribution in [0.4, 0.5) is 5.69 Å². The Kier molecular flexibility index (Phi) is 4.60. The second-order valence-corrected chi connectivity index (χ2v) is 7.71. The molecule has 25 heavy (non-hydrogen) atoms. The van der Waals surface area contributed by atoms with Gasteiger partial charge in [-0.05, 0) is 41.1 Å². The van der Waals surface area contributed by atoms with Crippen LogP contribution in [0.5, 0.6) is 0 Å². The summed E-state index contributed by atoms with van der Waals surface area (Å²) in [4.78, 5) is 11.2. The predicted octanol–water partition coefficient (Wildman–Crippen LogP) is 3.31. The summed E-state index contributed by atoms with van der Waals surface area (Å²) in [6.07, 6.45) is 0. The summed E-state index contributed by atoms with van der Waals surface area (Å²) in [7, 11) is -4.15. The van der Waals surface area contributed by atoms with E-state index in [4.69, 9.17) is 23.2 Å². The number of fused-ring (bicyclic) bond motifs is 1. The Hall–Kier alpha value is -2.28. The van der Waals surface area contributed by atoms with Gasteiger partial charge in [0.2, 0.25) is 0 Å². The predicted molar refractivity (Wildman–Crippen MR) is 95.5 cm³/mol. The second kappa shape index (κ2) is 6.55. The summed E-state index contributed by atoms with van der Waals surface area (Å²) in [6, 6.07) is 13.7. The van der Waals surface area contributed by atoms with E-state index >= 15 is 0 Å². The molecule has 0 amide bonds. The summed E-state index contributed by atoms with van der Waals surface area (Å²) in [5.74, 6) is -1.50. The first-order chi connectivity index (χ1) is 11.8. The molecule has 0 atom stereocenters. The molecule has 8 heteroatoms. The number of benzene rings is 3. The molecule has 128 valence electrons. The Morgan fingerprint density at radius 2 is 1.60 bits per heavy atom. The Morgan fingerprint density at radius 1 is 0.960 bits per heavy atom. The van der Waals surface area contributed by atoms with Gasteiger partial charge >= 0.3 is 0 Å². The number of carboxylic acids is 1. The molecule has 0 fully saturated rings. The van der Waals surface area contributed by atoms with E-state index in [0.29, 0.717) is 10.8 Å². The van der Waals surface area contributed by atoms with Crippen molar-refractivity contribution in [1.29, 1.82) is 0 Å². The number of hydrogen-bond donors (Lipinski definition) is 1. The van der Waals surface area contributed by atoms with Crippen LogP contribution in [-0.4, -0.2) is 14.4 Å². The smallest absolute Gasteiger partial charge is 0.263 e. The Bertz CT molecular complexity index is 1100. The van der Waals surface area contributed by atoms with Crippen molar-refractivity contribution in [3.05, 3.63) is 70.2 Å². The van der Waals surface area contributed by atoms with Crippen LogP contribution in [0, 0.1) is 0 Å². The summed E-state index contributed by atoms with van der Waals surface area (Å²) in [5.41, 5.74) is -0.393. The first kappa shape index (κ1) is 17.5. The van der Waals surface area contributed by atoms with Gasteiger partial charge in [0, 0.05) is 10.6 Å². The average molecular weight is 395 g/mol. The van der Waals surface area contributed by atoms with Gasteiger partial charge in [-0.25, -0.2) is 8.42 Å². The van der Waals surface area contributed by atoms with E-state index in [1.807, 2.05) is 0 Å². The molecule has 1 N–H and O–H groups in total. The average Bonchev–Trinajstić information content (AvgIpc) is 2.55. The molecule has 0 aliphatic rings. The summed E-state index contributed by atoms with van der Waals surface area (Å²) in [6.45, 7) is 0. The topological polar surface area (TPSA) is 86.3 Å². The van der Waals surface area contributed by atoms with Gasteiger partial charge in [0.25, 0.3) is 10.0 Å². The minimum Gasteiger partial charge on any atom is -0.545 e. The lowest BCUT2D eigenvalue weighted by molar-refractivity contribution is -0.254. The molecular weight excluding hydrogens is 385 g/mol. The van der Waals surface area contributed by atoms with Gasteiger partial charge in [-0.15, -0.1) is 0 Å². The van der Waals surface area contributed by atoms with Crippen molar-refractivity contribution < 1.29 is 18.3 Å². The summed E-state index contributed by atoms with van der Waals surface area (Å²) in [5, 5.41) is 12.9. The van der Waals surface area contributed by atoms with E-state index in [1.165, 1.54) is 30.3 Å². The van der Waals surface area contributed by atoms with Crippen molar-refractivity contribution in [3.8, 4) is 0 Å². The molecule has 0 aromatic heterocycles. The van der Waals surface area contributed by atoms with E-state index < -0.39 is 16.0 Å². The molecule has 5 nitrogen and oxygen atoms in total. The van der Waals surface area contributed by atoms with Gasteiger partial charge in [-0.2, -0.15) is 0 Å². The molecule has 0 spiro atoms. The lowest BCUT2D eigenvalue weighted by Gasteiger charge is -2.15. The van der Waals surface area contributed by atoms with Crippen LogP contribution in [-0.2, 0) is 10.0 Å². The largest absolute Gasteiger partial charge is 0.545 e. The Labute approximate surface area is 153 Å². The van der Waals surface area contributed by atoms with Crippen molar-refractivity contribution >= 4 is 55.7 Å². The fraction of sp³-hybridized carbons (Fsp3) is 0. The minimum atomic E-state index is -4.15. The number of rotatable bonds is 4. The summed E-state index contributed by atoms with van der Waals surface area (Å²) >= 11 is 11.8. The van der Waals surface area contributed by atoms with Crippen molar-refractivity contribution in [1.82, 2.24) is 0 Å². The number of hydrogen-bond acceptors (Lipinski definition) is 4. The summed E-state index contributed by atoms with van der Waals surface area (Å²) < 4.78 is 27.5. The normalized spacial score (nSPS) is 11.4. The molecule has 0 radical (unpaired) electrons. The van der Waals surface area contributed by atoms with Crippen LogP contribution in [0.25, 0.3) is 10.8 Å². The number of aromatic carboxylic acids is 1. The number of nitrogens with one attached hydrogen (secondary N) is 1. The SMILES string of the molecule is O=C([O-])c1cc2ccccc2cc1NS(=O)(=O)c1cc(Cl)ccc1Cl. The third-order valence-corrected chi connectivity index (χ3v) is 5.62. The highest BCUT2D eigenvalue weighted by Crippen LogP contribution is 2.29. The highest BCUT2D eigenvalue weighted by Gasteiger charge is 2.20. The Morgan fingerprint density at radius 3 is 2.24 bits per heavy atom. The van der Waals surface area contributed by atoms with E-state index in [0.717, 1.165) is 0 Å². The first-order valence-electron chi connectivity index (χ1n) is 7.00. The van der Waals surface area contributed by atoms with E-state index in [9.17, 15) is 18.3 Å². The van der Waals surface area contributed by atoms with Crippen LogP contribution >= 0.6 is 23.2 Å². The Balaban J connectivity index is 2.14. The van der Waals surface area contributed by atoms with Crippen molar-refractivity contribution in [2.24, 2.45) is 0 Å². The monoisotopic (exact) mass is 394 g/mol. The zero-order valence-corrected chi connectivity index (χ0v) is 14.8. The highest BCUT2D eigenvalue weighted by atomic mass is 35.5. The fourth-order valence-electron chi connectivity index (χ4n) is 2.38. The standard InChI is InChI=1S/C17H11Cl2NO4S/c18-12-5-6-14(19)16(9-12)25(23,24)20-15-8-11-4-2-1-3-10(11)7-13(15)17(21)22/h1-9,20H,(H,21,22)/p-1. The molecule has 0 saturated heterocycles. The number of halogens is 2. The maximum atomic E-state index is 12.6. The van der Waals surface area contributed by atoms with Gasteiger partial charge < -0.3 is 9.90 Å². The molecule has 0 bridgehead atoms. The quantitative estimate of drug-likeness (QED) is 0.735. The van der Waals surface area contributed by atoms with Crippen molar-refractivity contribution in [2.75, 3.05) is 4.72 Å². The molecule has 3 rings (SSSR count). The molecule has 0 aliphatic carbocycles. The number of carbonyl (C=O) groups excluding carboxylic acids is 1. The van der Waals surface area contributed by atoms with Crippen molar-refractivity contribution in [3.63, 3.8) is 0 Å². The van der Waals surface area contributed by atoms with E-state index in [2.05, 4.69) is 4.72 Å². The van der Waals surface area contributed by atoms with Gasteiger partial charge in [0.05, 0.1) is 16.7 Å². The molecule has 0 aliphatic heterocycles. The van der Waals surface area contributed by atoms with Gasteiger partial charge in [-0.3, -0.25) is 4.72 Å². The fourth-order valence-corrected chi connectivity index (χ4v) is 4.21. The molecule has 3 aromatic carbocycles. The van der Waals surface area contributed by atoms with Crippen LogP contribution in [0.3, 0.4) is 0 Å². The zero-order valence-electron chi connectivity index (χ0n) is 12.5. The van der Waals surface area contributed by atoms with Crippen LogP contribution < -0.4 is 9.83 Å². The highest BCUT2D eigenvalue weighted by molar-refractivity contribution is 7.92. The van der Waals surface area contributed by atoms with E-state index in [1.54, 1.807) is 24.3 Å². The minimum absolute atomic E-state index is 0.0345. The van der Waals surface area contributed by atoms with Gasteiger partial charge in [0.1, 0.15) is 4.90 Å². The van der Waals surface area contributed by atoms with Gasteiger partial charge in [0.15, 0.2) is 0 Å². The van der Waals surface area contributed by atoms with Crippen LogP contribution in [0.2, 0.25) is 10.0 Å². The van der Waals surface area contributed by atoms with E-state index in [-0.39, 0.29) is 26.2 Å². The first-order valence-corrected chi connectivity index (χ1v) is 9.24.